The summed E-state index contributed by atoms with van der Waals surface area (Å²) in [5.74, 6) is 1.88. The summed E-state index contributed by atoms with van der Waals surface area (Å²) in [4.78, 5) is 15.3. The summed E-state index contributed by atoms with van der Waals surface area (Å²) in [7, 11) is 3.16. The molecule has 1 fully saturated rings. The van der Waals surface area contributed by atoms with E-state index in [1.807, 2.05) is 6.07 Å². The van der Waals surface area contributed by atoms with Gasteiger partial charge in [0.1, 0.15) is 23.0 Å². The van der Waals surface area contributed by atoms with Crippen LogP contribution in [0.2, 0.25) is 0 Å². The number of benzene rings is 2. The molecule has 1 atom stereocenters. The molecule has 6 heteroatoms. The minimum atomic E-state index is -0.198. The van der Waals surface area contributed by atoms with Gasteiger partial charge in [-0.05, 0) is 56.7 Å². The van der Waals surface area contributed by atoms with Crippen LogP contribution in [0.3, 0.4) is 0 Å². The predicted molar refractivity (Wildman–Crippen MR) is 114 cm³/mol. The van der Waals surface area contributed by atoms with Crippen LogP contribution in [0.5, 0.6) is 23.0 Å². The van der Waals surface area contributed by atoms with Gasteiger partial charge >= 0.3 is 0 Å². The van der Waals surface area contributed by atoms with Gasteiger partial charge in [0, 0.05) is 24.2 Å². The van der Waals surface area contributed by atoms with Crippen LogP contribution in [0.4, 0.5) is 0 Å². The topological polar surface area (TPSA) is 68.2 Å². The Labute approximate surface area is 176 Å². The number of ether oxygens (including phenoxy) is 3. The number of aromatic hydroxyl groups is 1. The quantitative estimate of drug-likeness (QED) is 0.739. The highest BCUT2D eigenvalue weighted by molar-refractivity contribution is 6.15. The molecule has 1 saturated heterocycles. The lowest BCUT2D eigenvalue weighted by atomic mass is 10.0. The van der Waals surface area contributed by atoms with Crippen LogP contribution in [0.25, 0.3) is 6.08 Å². The molecule has 6 nitrogen and oxygen atoms in total. The number of carbonyl (C=O) groups excluding carboxylic acids is 1. The van der Waals surface area contributed by atoms with Crippen LogP contribution in [0.1, 0.15) is 47.7 Å². The van der Waals surface area contributed by atoms with Gasteiger partial charge in [0.05, 0.1) is 25.3 Å². The predicted octanol–water partition coefficient (Wildman–Crippen LogP) is 4.40. The van der Waals surface area contributed by atoms with Gasteiger partial charge in [-0.3, -0.25) is 9.69 Å². The Kier molecular flexibility index (Phi) is 5.68. The van der Waals surface area contributed by atoms with E-state index >= 15 is 0 Å². The molecule has 0 bridgehead atoms. The monoisotopic (exact) mass is 409 g/mol. The number of hydrogen-bond donors (Lipinski definition) is 1. The summed E-state index contributed by atoms with van der Waals surface area (Å²) in [5, 5.41) is 10.5. The van der Waals surface area contributed by atoms with Gasteiger partial charge in [0.2, 0.25) is 5.78 Å². The summed E-state index contributed by atoms with van der Waals surface area (Å²) < 4.78 is 16.7. The molecule has 0 unspecified atom stereocenters. The Balaban J connectivity index is 1.67. The third kappa shape index (κ3) is 3.75. The van der Waals surface area contributed by atoms with Gasteiger partial charge in [-0.15, -0.1) is 0 Å². The van der Waals surface area contributed by atoms with Crippen LogP contribution in [-0.2, 0) is 6.54 Å². The average molecular weight is 409 g/mol. The SMILES string of the molecule is COc1ccc(C=C2Oc3c(ccc(O)c3CN3CCCC[C@@H]3C)C2=O)c(OC)c1. The van der Waals surface area contributed by atoms with Crippen molar-refractivity contribution >= 4 is 11.9 Å². The second kappa shape index (κ2) is 8.40. The lowest BCUT2D eigenvalue weighted by molar-refractivity contribution is 0.101. The standard InChI is InChI=1S/C24H27NO5/c1-15-6-4-5-11-25(15)14-19-20(26)10-9-18-23(27)22(30-24(18)19)12-16-7-8-17(28-2)13-21(16)29-3/h7-10,12-13,15,26H,4-6,11,14H2,1-3H3/t15-/m0/s1. The van der Waals surface area contributed by atoms with Crippen molar-refractivity contribution in [1.82, 2.24) is 4.90 Å². The molecular formula is C24H27NO5. The summed E-state index contributed by atoms with van der Waals surface area (Å²) in [6.07, 6.45) is 5.17. The fourth-order valence-electron chi connectivity index (χ4n) is 4.12. The number of fused-ring (bicyclic) bond motifs is 1. The van der Waals surface area contributed by atoms with E-state index in [1.54, 1.807) is 44.6 Å². The van der Waals surface area contributed by atoms with Crippen LogP contribution in [0, 0.1) is 0 Å². The maximum Gasteiger partial charge on any atom is 0.231 e. The van der Waals surface area contributed by atoms with Gasteiger partial charge in [0.25, 0.3) is 0 Å². The molecule has 2 aliphatic heterocycles. The number of hydrogen-bond acceptors (Lipinski definition) is 6. The normalized spacial score (nSPS) is 20.2. The van der Waals surface area contributed by atoms with Crippen molar-refractivity contribution in [2.75, 3.05) is 20.8 Å². The maximum absolute atomic E-state index is 13.0. The minimum absolute atomic E-state index is 0.155. The van der Waals surface area contributed by atoms with E-state index in [2.05, 4.69) is 11.8 Å². The molecule has 0 aromatic heterocycles. The Bertz CT molecular complexity index is 997. The molecule has 2 aliphatic rings. The van der Waals surface area contributed by atoms with Crippen molar-refractivity contribution in [3.8, 4) is 23.0 Å². The maximum atomic E-state index is 13.0. The fraction of sp³-hybridized carbons (Fsp3) is 0.375. The average Bonchev–Trinajstić information content (AvgIpc) is 3.07. The Morgan fingerprint density at radius 2 is 2.03 bits per heavy atom. The molecule has 30 heavy (non-hydrogen) atoms. The van der Waals surface area contributed by atoms with Gasteiger partial charge in [-0.1, -0.05) is 6.42 Å². The summed E-state index contributed by atoms with van der Waals surface area (Å²) in [6.45, 7) is 3.74. The van der Waals surface area contributed by atoms with Crippen LogP contribution in [-0.4, -0.2) is 42.6 Å². The van der Waals surface area contributed by atoms with Crippen molar-refractivity contribution in [1.29, 1.82) is 0 Å². The molecule has 4 rings (SSSR count). The molecule has 0 radical (unpaired) electrons. The first-order valence-electron chi connectivity index (χ1n) is 10.3. The number of nitrogens with zero attached hydrogens (tertiary/aromatic N) is 1. The number of phenolic OH excluding ortho intramolecular Hbond substituents is 1. The summed E-state index contributed by atoms with van der Waals surface area (Å²) in [6, 6.07) is 9.02. The first-order chi connectivity index (χ1) is 14.5. The number of allylic oxidation sites excluding steroid dienone is 1. The zero-order valence-electron chi connectivity index (χ0n) is 17.6. The van der Waals surface area contributed by atoms with Gasteiger partial charge in [-0.2, -0.15) is 0 Å². The van der Waals surface area contributed by atoms with Crippen LogP contribution < -0.4 is 14.2 Å². The fourth-order valence-corrected chi connectivity index (χ4v) is 4.12. The van der Waals surface area contributed by atoms with Gasteiger partial charge in [-0.25, -0.2) is 0 Å². The molecule has 0 spiro atoms. The molecule has 0 aliphatic carbocycles. The van der Waals surface area contributed by atoms with Crippen molar-refractivity contribution in [3.63, 3.8) is 0 Å². The number of ketones is 1. The van der Waals surface area contributed by atoms with E-state index < -0.39 is 0 Å². The largest absolute Gasteiger partial charge is 0.507 e. The Morgan fingerprint density at radius 3 is 2.77 bits per heavy atom. The molecule has 0 amide bonds. The number of methoxy groups -OCH3 is 2. The Morgan fingerprint density at radius 1 is 1.20 bits per heavy atom. The first-order valence-corrected chi connectivity index (χ1v) is 10.3. The third-order valence-corrected chi connectivity index (χ3v) is 5.95. The van der Waals surface area contributed by atoms with E-state index in [9.17, 15) is 9.90 Å². The summed E-state index contributed by atoms with van der Waals surface area (Å²) in [5.41, 5.74) is 1.86. The first kappa shape index (κ1) is 20.3. The molecule has 2 aromatic carbocycles. The smallest absolute Gasteiger partial charge is 0.231 e. The highest BCUT2D eigenvalue weighted by atomic mass is 16.5. The van der Waals surface area contributed by atoms with Crippen molar-refractivity contribution < 1.29 is 24.1 Å². The van der Waals surface area contributed by atoms with Crippen molar-refractivity contribution in [2.24, 2.45) is 0 Å². The number of piperidine rings is 1. The zero-order chi connectivity index (χ0) is 21.3. The van der Waals surface area contributed by atoms with Gasteiger partial charge < -0.3 is 19.3 Å². The zero-order valence-corrected chi connectivity index (χ0v) is 17.6. The number of carbonyl (C=O) groups is 1. The highest BCUT2D eigenvalue weighted by Crippen LogP contribution is 2.41. The van der Waals surface area contributed by atoms with E-state index in [4.69, 9.17) is 14.2 Å². The van der Waals surface area contributed by atoms with Crippen LogP contribution in [0.15, 0.2) is 36.1 Å². The molecule has 2 aromatic rings. The molecule has 2 heterocycles. The van der Waals surface area contributed by atoms with Crippen molar-refractivity contribution in [2.45, 2.75) is 38.8 Å². The highest BCUT2D eigenvalue weighted by Gasteiger charge is 2.32. The lowest BCUT2D eigenvalue weighted by Crippen LogP contribution is -2.36. The number of phenols is 1. The molecule has 158 valence electrons. The number of likely N-dealkylation sites (tertiary alicyclic amines) is 1. The number of rotatable bonds is 5. The van der Waals surface area contributed by atoms with Crippen LogP contribution >= 0.6 is 0 Å². The summed E-state index contributed by atoms with van der Waals surface area (Å²) >= 11 is 0. The third-order valence-electron chi connectivity index (χ3n) is 5.95. The van der Waals surface area contributed by atoms with Crippen molar-refractivity contribution in [3.05, 3.63) is 52.8 Å². The second-order valence-electron chi connectivity index (χ2n) is 7.80. The molecule has 1 N–H and O–H groups in total. The van der Waals surface area contributed by atoms with E-state index in [1.165, 1.54) is 6.42 Å². The number of Topliss-reactive ketones (excluding diaryl/α,β-unsaturated/α-hetero) is 1. The molecular weight excluding hydrogens is 382 g/mol. The van der Waals surface area contributed by atoms with E-state index in [0.717, 1.165) is 19.4 Å². The minimum Gasteiger partial charge on any atom is -0.507 e. The lowest BCUT2D eigenvalue weighted by Gasteiger charge is -2.33. The Hall–Kier alpha value is -2.99. The van der Waals surface area contributed by atoms with E-state index in [-0.39, 0.29) is 17.3 Å². The van der Waals surface area contributed by atoms with E-state index in [0.29, 0.717) is 46.5 Å². The van der Waals surface area contributed by atoms with Gasteiger partial charge in [0.15, 0.2) is 5.76 Å². The second-order valence-corrected chi connectivity index (χ2v) is 7.80. The molecule has 0 saturated carbocycles.